The van der Waals surface area contributed by atoms with Crippen LogP contribution in [0.2, 0.25) is 0 Å². The summed E-state index contributed by atoms with van der Waals surface area (Å²) in [6, 6.07) is 8.67. The van der Waals surface area contributed by atoms with Crippen LogP contribution in [0.3, 0.4) is 0 Å². The van der Waals surface area contributed by atoms with Crippen molar-refractivity contribution in [3.8, 4) is 5.75 Å². The Balaban J connectivity index is 1.70. The molecule has 1 saturated heterocycles. The first-order chi connectivity index (χ1) is 14.8. The minimum atomic E-state index is -3.89. The van der Waals surface area contributed by atoms with Gasteiger partial charge < -0.3 is 14.4 Å². The molecule has 0 aliphatic carbocycles. The molecule has 0 radical (unpaired) electrons. The molecule has 11 heteroatoms. The average Bonchev–Trinajstić information content (AvgIpc) is 3.22. The lowest BCUT2D eigenvalue weighted by Crippen LogP contribution is -2.40. The Hall–Kier alpha value is -3.02. The summed E-state index contributed by atoms with van der Waals surface area (Å²) < 4.78 is 38.1. The molecular weight excluding hydrogens is 426 g/mol. The van der Waals surface area contributed by atoms with Crippen LogP contribution >= 0.6 is 0 Å². The van der Waals surface area contributed by atoms with E-state index in [9.17, 15) is 23.3 Å². The zero-order valence-electron chi connectivity index (χ0n) is 16.8. The van der Waals surface area contributed by atoms with Crippen LogP contribution in [0.25, 0.3) is 0 Å². The number of ether oxygens (including phenoxy) is 2. The van der Waals surface area contributed by atoms with E-state index in [0.29, 0.717) is 31.9 Å². The highest BCUT2D eigenvalue weighted by atomic mass is 32.2. The molecule has 0 N–H and O–H groups in total. The van der Waals surface area contributed by atoms with Crippen LogP contribution in [0.1, 0.15) is 15.9 Å². The third-order valence-electron chi connectivity index (χ3n) is 5.42. The van der Waals surface area contributed by atoms with Gasteiger partial charge in [0.2, 0.25) is 10.0 Å². The number of anilines is 1. The molecule has 31 heavy (non-hydrogen) atoms. The van der Waals surface area contributed by atoms with Crippen molar-refractivity contribution in [2.75, 3.05) is 44.9 Å². The molecule has 2 aromatic carbocycles. The summed E-state index contributed by atoms with van der Waals surface area (Å²) in [7, 11) is -2.53. The number of nitrogens with zero attached hydrogens (tertiary/aromatic N) is 3. The number of nitro groups is 1. The lowest BCUT2D eigenvalue weighted by Gasteiger charge is -2.27. The zero-order valence-corrected chi connectivity index (χ0v) is 17.6. The van der Waals surface area contributed by atoms with E-state index in [-0.39, 0.29) is 35.0 Å². The Kier molecular flexibility index (Phi) is 5.65. The second-order valence-corrected chi connectivity index (χ2v) is 9.07. The van der Waals surface area contributed by atoms with E-state index in [4.69, 9.17) is 9.47 Å². The van der Waals surface area contributed by atoms with Gasteiger partial charge >= 0.3 is 0 Å². The van der Waals surface area contributed by atoms with Gasteiger partial charge in [-0.3, -0.25) is 14.9 Å². The summed E-state index contributed by atoms with van der Waals surface area (Å²) >= 11 is 0. The number of carbonyl (C=O) groups excluding carboxylic acids is 1. The summed E-state index contributed by atoms with van der Waals surface area (Å²) in [6.07, 6.45) is 0.564. The molecule has 0 aromatic heterocycles. The maximum Gasteiger partial charge on any atom is 0.271 e. The molecule has 10 nitrogen and oxygen atoms in total. The van der Waals surface area contributed by atoms with Gasteiger partial charge in [0, 0.05) is 37.3 Å². The molecule has 164 valence electrons. The van der Waals surface area contributed by atoms with Crippen molar-refractivity contribution < 1.29 is 27.6 Å². The average molecular weight is 447 g/mol. The van der Waals surface area contributed by atoms with Crippen LogP contribution in [-0.2, 0) is 21.2 Å². The van der Waals surface area contributed by atoms with Crippen LogP contribution in [0.4, 0.5) is 11.4 Å². The lowest BCUT2D eigenvalue weighted by atomic mass is 10.1. The summed E-state index contributed by atoms with van der Waals surface area (Å²) in [6.45, 7) is 1.37. The maximum absolute atomic E-state index is 13.2. The van der Waals surface area contributed by atoms with E-state index in [1.165, 1.54) is 46.6 Å². The Bertz CT molecular complexity index is 1140. The predicted octanol–water partition coefficient (Wildman–Crippen LogP) is 1.83. The molecule has 0 unspecified atom stereocenters. The number of nitro benzene ring substituents is 1. The second kappa shape index (κ2) is 8.25. The fourth-order valence-electron chi connectivity index (χ4n) is 3.79. The predicted molar refractivity (Wildman–Crippen MR) is 111 cm³/mol. The Morgan fingerprint density at radius 3 is 2.55 bits per heavy atom. The first-order valence-corrected chi connectivity index (χ1v) is 11.1. The fraction of sp³-hybridized carbons (Fsp3) is 0.350. The van der Waals surface area contributed by atoms with Crippen molar-refractivity contribution in [3.05, 3.63) is 57.6 Å². The van der Waals surface area contributed by atoms with Crippen molar-refractivity contribution in [1.82, 2.24) is 4.31 Å². The minimum absolute atomic E-state index is 0.0961. The quantitative estimate of drug-likeness (QED) is 0.507. The SMILES string of the molecule is COc1ccc(C(=O)N2CCc3ccc([N+](=O)[O-])cc32)cc1S(=O)(=O)N1CCOCC1. The van der Waals surface area contributed by atoms with Gasteiger partial charge in [0.15, 0.2) is 0 Å². The van der Waals surface area contributed by atoms with E-state index in [2.05, 4.69) is 0 Å². The maximum atomic E-state index is 13.2. The lowest BCUT2D eigenvalue weighted by molar-refractivity contribution is -0.384. The number of sulfonamides is 1. The molecule has 4 rings (SSSR count). The third kappa shape index (κ3) is 3.87. The van der Waals surface area contributed by atoms with Crippen molar-refractivity contribution in [3.63, 3.8) is 0 Å². The molecule has 2 aromatic rings. The molecule has 2 aliphatic rings. The van der Waals surface area contributed by atoms with Crippen LogP contribution in [-0.4, -0.2) is 63.5 Å². The number of hydrogen-bond donors (Lipinski definition) is 0. The van der Waals surface area contributed by atoms with Gasteiger partial charge in [0.25, 0.3) is 11.6 Å². The molecule has 0 bridgehead atoms. The number of non-ortho nitro benzene ring substituents is 1. The van der Waals surface area contributed by atoms with Gasteiger partial charge in [-0.1, -0.05) is 6.07 Å². The molecule has 0 saturated carbocycles. The van der Waals surface area contributed by atoms with Gasteiger partial charge in [-0.2, -0.15) is 4.31 Å². The van der Waals surface area contributed by atoms with E-state index < -0.39 is 20.9 Å². The monoisotopic (exact) mass is 447 g/mol. The summed E-state index contributed by atoms with van der Waals surface area (Å²) in [5, 5.41) is 11.1. The van der Waals surface area contributed by atoms with E-state index in [1.54, 1.807) is 6.07 Å². The highest BCUT2D eigenvalue weighted by Gasteiger charge is 2.32. The largest absolute Gasteiger partial charge is 0.495 e. The summed E-state index contributed by atoms with van der Waals surface area (Å²) in [4.78, 5) is 25.2. The van der Waals surface area contributed by atoms with Crippen molar-refractivity contribution in [2.24, 2.45) is 0 Å². The number of morpholine rings is 1. The smallest absolute Gasteiger partial charge is 0.271 e. The Morgan fingerprint density at radius 1 is 1.13 bits per heavy atom. The van der Waals surface area contributed by atoms with Gasteiger partial charge in [0.05, 0.1) is 30.9 Å². The Labute approximate surface area is 179 Å². The van der Waals surface area contributed by atoms with Gasteiger partial charge in [0.1, 0.15) is 10.6 Å². The first kappa shape index (κ1) is 21.2. The molecule has 2 heterocycles. The number of methoxy groups -OCH3 is 1. The molecule has 0 atom stereocenters. The van der Waals surface area contributed by atoms with Crippen LogP contribution in [0.15, 0.2) is 41.3 Å². The fourth-order valence-corrected chi connectivity index (χ4v) is 5.37. The normalized spacial score (nSPS) is 16.7. The minimum Gasteiger partial charge on any atom is -0.495 e. The highest BCUT2D eigenvalue weighted by Crippen LogP contribution is 2.34. The topological polar surface area (TPSA) is 119 Å². The van der Waals surface area contributed by atoms with E-state index in [1.807, 2.05) is 0 Å². The molecule has 1 fully saturated rings. The number of fused-ring (bicyclic) bond motifs is 1. The second-order valence-electron chi connectivity index (χ2n) is 7.16. The van der Waals surface area contributed by atoms with Gasteiger partial charge in [-0.05, 0) is 30.2 Å². The molecule has 2 aliphatic heterocycles. The number of rotatable bonds is 5. The molecule has 0 spiro atoms. The van der Waals surface area contributed by atoms with Crippen LogP contribution in [0.5, 0.6) is 5.75 Å². The first-order valence-electron chi connectivity index (χ1n) is 9.68. The zero-order chi connectivity index (χ0) is 22.2. The molecular formula is C20H21N3O7S. The highest BCUT2D eigenvalue weighted by molar-refractivity contribution is 7.89. The standard InChI is InChI=1S/C20H21N3O7S/c1-29-18-5-3-15(12-19(18)31(27,28)21-8-10-30-11-9-21)20(24)22-7-6-14-2-4-16(23(25)26)13-17(14)22/h2-5,12-13H,6-11H2,1H3. The summed E-state index contributed by atoms with van der Waals surface area (Å²) in [5.74, 6) is -0.291. The third-order valence-corrected chi connectivity index (χ3v) is 7.34. The Morgan fingerprint density at radius 2 is 1.87 bits per heavy atom. The van der Waals surface area contributed by atoms with E-state index in [0.717, 1.165) is 5.56 Å². The number of hydrogen-bond acceptors (Lipinski definition) is 7. The molecule has 1 amide bonds. The number of carbonyl (C=O) groups is 1. The van der Waals surface area contributed by atoms with Gasteiger partial charge in [-0.15, -0.1) is 0 Å². The number of benzene rings is 2. The van der Waals surface area contributed by atoms with E-state index >= 15 is 0 Å². The van der Waals surface area contributed by atoms with Crippen molar-refractivity contribution in [2.45, 2.75) is 11.3 Å². The number of amides is 1. The van der Waals surface area contributed by atoms with Crippen molar-refractivity contribution >= 4 is 27.3 Å². The van der Waals surface area contributed by atoms with Crippen LogP contribution < -0.4 is 9.64 Å². The summed E-state index contributed by atoms with van der Waals surface area (Å²) in [5.41, 5.74) is 1.34. The van der Waals surface area contributed by atoms with Crippen molar-refractivity contribution in [1.29, 1.82) is 0 Å². The van der Waals surface area contributed by atoms with Crippen LogP contribution in [0, 0.1) is 10.1 Å². The van der Waals surface area contributed by atoms with Gasteiger partial charge in [-0.25, -0.2) is 8.42 Å².